The zero-order valence-corrected chi connectivity index (χ0v) is 16.0. The summed E-state index contributed by atoms with van der Waals surface area (Å²) in [7, 11) is 0. The summed E-state index contributed by atoms with van der Waals surface area (Å²) < 4.78 is 4.96. The summed E-state index contributed by atoms with van der Waals surface area (Å²) in [6.07, 6.45) is 2.69. The molecule has 0 bridgehead atoms. The summed E-state index contributed by atoms with van der Waals surface area (Å²) in [5.41, 5.74) is 2.42. The van der Waals surface area contributed by atoms with Crippen molar-refractivity contribution in [1.82, 2.24) is 10.3 Å². The van der Waals surface area contributed by atoms with Crippen LogP contribution in [0.3, 0.4) is 0 Å². The van der Waals surface area contributed by atoms with Gasteiger partial charge in [0.05, 0.1) is 6.61 Å². The highest BCUT2D eigenvalue weighted by Crippen LogP contribution is 2.34. The number of aromatic nitrogens is 1. The molecule has 6 nitrogen and oxygen atoms in total. The normalized spacial score (nSPS) is 19.0. The van der Waals surface area contributed by atoms with E-state index < -0.39 is 4.75 Å². The van der Waals surface area contributed by atoms with Crippen molar-refractivity contribution in [1.29, 1.82) is 0 Å². The van der Waals surface area contributed by atoms with Crippen molar-refractivity contribution in [2.45, 2.75) is 31.4 Å². The van der Waals surface area contributed by atoms with Gasteiger partial charge in [-0.25, -0.2) is 0 Å². The minimum absolute atomic E-state index is 0.00269. The lowest BCUT2D eigenvalue weighted by atomic mass is 9.99. The third kappa shape index (κ3) is 4.74. The van der Waals surface area contributed by atoms with Crippen LogP contribution in [0.2, 0.25) is 0 Å². The zero-order valence-electron chi connectivity index (χ0n) is 15.2. The first-order valence-electron chi connectivity index (χ1n) is 8.58. The van der Waals surface area contributed by atoms with Crippen LogP contribution in [0.25, 0.3) is 0 Å². The van der Waals surface area contributed by atoms with Gasteiger partial charge in [0.1, 0.15) is 10.5 Å². The largest absolute Gasteiger partial charge is 0.493 e. The number of Topliss-reactive ketones (excluding diaryl/α,β-unsaturated/α-hetero) is 1. The number of nitrogens with one attached hydrogen (secondary N) is 1. The van der Waals surface area contributed by atoms with Gasteiger partial charge in [0.2, 0.25) is 5.91 Å². The minimum atomic E-state index is -0.767. The molecule has 27 heavy (non-hydrogen) atoms. The average Bonchev–Trinajstić information content (AvgIpc) is 2.88. The van der Waals surface area contributed by atoms with Crippen molar-refractivity contribution in [3.63, 3.8) is 0 Å². The van der Waals surface area contributed by atoms with Gasteiger partial charge < -0.3 is 4.74 Å². The van der Waals surface area contributed by atoms with Gasteiger partial charge in [0.15, 0.2) is 5.78 Å². The number of ether oxygens (including phenoxy) is 1. The number of carbonyl (C=O) groups excluding carboxylic acids is 3. The Bertz CT molecular complexity index is 865. The highest BCUT2D eigenvalue weighted by Gasteiger charge is 2.43. The topological polar surface area (TPSA) is 85.4 Å². The molecule has 1 saturated heterocycles. The Morgan fingerprint density at radius 2 is 1.93 bits per heavy atom. The molecule has 1 fully saturated rings. The van der Waals surface area contributed by atoms with Gasteiger partial charge in [-0.05, 0) is 61.9 Å². The summed E-state index contributed by atoms with van der Waals surface area (Å²) >= 11 is 1.03. The van der Waals surface area contributed by atoms with E-state index in [1.54, 1.807) is 19.2 Å². The second kappa shape index (κ2) is 7.92. The first kappa shape index (κ1) is 19.1. The van der Waals surface area contributed by atoms with E-state index in [0.717, 1.165) is 28.8 Å². The molecule has 0 saturated carbocycles. The molecule has 1 atom stereocenters. The van der Waals surface area contributed by atoms with Crippen molar-refractivity contribution in [3.8, 4) is 5.75 Å². The van der Waals surface area contributed by atoms with Gasteiger partial charge >= 0.3 is 0 Å². The summed E-state index contributed by atoms with van der Waals surface area (Å²) in [6.45, 7) is 3.75. The fourth-order valence-electron chi connectivity index (χ4n) is 2.76. The third-order valence-electron chi connectivity index (χ3n) is 4.34. The van der Waals surface area contributed by atoms with Crippen LogP contribution in [0.1, 0.15) is 35.5 Å². The van der Waals surface area contributed by atoms with Crippen molar-refractivity contribution in [3.05, 3.63) is 59.4 Å². The molecule has 1 aliphatic heterocycles. The van der Waals surface area contributed by atoms with Crippen molar-refractivity contribution in [2.75, 3.05) is 6.61 Å². The lowest BCUT2D eigenvalue weighted by Gasteiger charge is -2.18. The van der Waals surface area contributed by atoms with E-state index in [0.29, 0.717) is 25.0 Å². The molecule has 2 amide bonds. The van der Waals surface area contributed by atoms with Gasteiger partial charge in [-0.15, -0.1) is 0 Å². The van der Waals surface area contributed by atoms with Crippen LogP contribution < -0.4 is 10.1 Å². The Kier molecular flexibility index (Phi) is 5.60. The standard InChI is InChI=1S/C20H20N2O4S/c1-13(23)15-5-6-16(21-12-15)9-10-26-17-7-3-14(4-8-17)11-20(2)18(24)22-19(25)27-20/h3-8,12H,9-11H2,1-2H3,(H,22,24,25)/t20-/m1/s1. The summed E-state index contributed by atoms with van der Waals surface area (Å²) in [5, 5.41) is 2.03. The molecule has 3 rings (SSSR count). The minimum Gasteiger partial charge on any atom is -0.493 e. The highest BCUT2D eigenvalue weighted by molar-refractivity contribution is 8.16. The molecule has 1 aromatic heterocycles. The molecule has 0 unspecified atom stereocenters. The SMILES string of the molecule is CC(=O)c1ccc(CCOc2ccc(C[C@@]3(C)SC(=O)NC3=O)cc2)nc1. The number of carbonyl (C=O) groups is 3. The van der Waals surface area contributed by atoms with Gasteiger partial charge in [-0.1, -0.05) is 12.1 Å². The number of rotatable bonds is 7. The van der Waals surface area contributed by atoms with Gasteiger partial charge in [-0.3, -0.25) is 24.7 Å². The number of ketones is 1. The van der Waals surface area contributed by atoms with Crippen LogP contribution in [0, 0.1) is 0 Å². The van der Waals surface area contributed by atoms with Gasteiger partial charge in [0, 0.05) is 23.9 Å². The Morgan fingerprint density at radius 1 is 1.19 bits per heavy atom. The van der Waals surface area contributed by atoms with Crippen LogP contribution in [0.15, 0.2) is 42.6 Å². The maximum atomic E-state index is 11.9. The quantitative estimate of drug-likeness (QED) is 0.738. The second-order valence-corrected chi connectivity index (χ2v) is 8.06. The summed E-state index contributed by atoms with van der Waals surface area (Å²) in [6, 6.07) is 11.1. The van der Waals surface area contributed by atoms with Crippen molar-refractivity contribution < 1.29 is 19.1 Å². The Hall–Kier alpha value is -2.67. The number of amides is 2. The van der Waals surface area contributed by atoms with Gasteiger partial charge in [0.25, 0.3) is 5.24 Å². The fraction of sp³-hybridized carbons (Fsp3) is 0.300. The lowest BCUT2D eigenvalue weighted by molar-refractivity contribution is -0.121. The lowest BCUT2D eigenvalue weighted by Crippen LogP contribution is -2.35. The summed E-state index contributed by atoms with van der Waals surface area (Å²) in [5.74, 6) is 0.474. The summed E-state index contributed by atoms with van der Waals surface area (Å²) in [4.78, 5) is 38.8. The van der Waals surface area contributed by atoms with Gasteiger partial charge in [-0.2, -0.15) is 0 Å². The number of hydrogen-bond donors (Lipinski definition) is 1. The molecular weight excluding hydrogens is 364 g/mol. The van der Waals surface area contributed by atoms with E-state index in [1.165, 1.54) is 6.92 Å². The Balaban J connectivity index is 1.51. The van der Waals surface area contributed by atoms with Crippen LogP contribution in [0.4, 0.5) is 4.79 Å². The number of nitrogens with zero attached hydrogens (tertiary/aromatic N) is 1. The predicted molar refractivity (Wildman–Crippen MR) is 103 cm³/mol. The molecule has 1 aromatic carbocycles. The third-order valence-corrected chi connectivity index (χ3v) is 5.40. The fourth-order valence-corrected chi connectivity index (χ4v) is 3.70. The zero-order chi connectivity index (χ0) is 19.4. The van der Waals surface area contributed by atoms with E-state index in [9.17, 15) is 14.4 Å². The first-order chi connectivity index (χ1) is 12.9. The van der Waals surface area contributed by atoms with Crippen LogP contribution in [-0.2, 0) is 17.6 Å². The van der Waals surface area contributed by atoms with Crippen LogP contribution >= 0.6 is 11.8 Å². The van der Waals surface area contributed by atoms with E-state index in [1.807, 2.05) is 30.3 Å². The van der Waals surface area contributed by atoms with Crippen molar-refractivity contribution in [2.24, 2.45) is 0 Å². The van der Waals surface area contributed by atoms with E-state index in [4.69, 9.17) is 4.74 Å². The first-order valence-corrected chi connectivity index (χ1v) is 9.39. The Morgan fingerprint density at radius 3 is 2.48 bits per heavy atom. The molecule has 2 aromatic rings. The molecule has 2 heterocycles. The molecule has 0 spiro atoms. The number of benzene rings is 1. The van der Waals surface area contributed by atoms with E-state index in [-0.39, 0.29) is 16.9 Å². The number of thioether (sulfide) groups is 1. The molecule has 140 valence electrons. The van der Waals surface area contributed by atoms with Crippen LogP contribution in [0.5, 0.6) is 5.75 Å². The number of hydrogen-bond acceptors (Lipinski definition) is 6. The maximum absolute atomic E-state index is 11.9. The molecule has 0 aliphatic carbocycles. The molecule has 7 heteroatoms. The monoisotopic (exact) mass is 384 g/mol. The second-order valence-electron chi connectivity index (χ2n) is 6.59. The maximum Gasteiger partial charge on any atom is 0.286 e. The average molecular weight is 384 g/mol. The Labute approximate surface area is 161 Å². The molecule has 1 aliphatic rings. The highest BCUT2D eigenvalue weighted by atomic mass is 32.2. The molecular formula is C20H20N2O4S. The van der Waals surface area contributed by atoms with Crippen LogP contribution in [-0.4, -0.2) is 33.3 Å². The molecule has 0 radical (unpaired) electrons. The van der Waals surface area contributed by atoms with Crippen molar-refractivity contribution >= 4 is 28.7 Å². The van der Waals surface area contributed by atoms with E-state index >= 15 is 0 Å². The smallest absolute Gasteiger partial charge is 0.286 e. The predicted octanol–water partition coefficient (Wildman–Crippen LogP) is 3.19. The molecule has 1 N–H and O–H groups in total. The number of pyridine rings is 1. The number of imide groups is 1. The van der Waals surface area contributed by atoms with E-state index in [2.05, 4.69) is 10.3 Å².